The Morgan fingerprint density at radius 2 is 1.47 bits per heavy atom. The molecule has 2 aliphatic carbocycles. The van der Waals surface area contributed by atoms with Gasteiger partial charge in [0, 0.05) is 84.4 Å². The number of aliphatic hydroxyl groups excluding tert-OH is 1. The number of carbonyl (C=O) groups is 2. The van der Waals surface area contributed by atoms with E-state index in [0.29, 0.717) is 31.4 Å². The summed E-state index contributed by atoms with van der Waals surface area (Å²) in [5.74, 6) is -0.281. The van der Waals surface area contributed by atoms with Crippen molar-refractivity contribution < 1.29 is 28.9 Å². The molecule has 276 valence electrons. The molecule has 8 atom stereocenters. The maximum atomic E-state index is 13.7. The zero-order chi connectivity index (χ0) is 35.9. The van der Waals surface area contributed by atoms with Gasteiger partial charge < -0.3 is 30.0 Å². The molecule has 4 saturated heterocycles. The van der Waals surface area contributed by atoms with Crippen LogP contribution < -0.4 is 10.6 Å². The van der Waals surface area contributed by atoms with E-state index in [4.69, 9.17) is 14.2 Å². The van der Waals surface area contributed by atoms with Gasteiger partial charge in [0.2, 0.25) is 0 Å². The van der Waals surface area contributed by atoms with Crippen molar-refractivity contribution in [3.8, 4) is 0 Å². The normalized spacial score (nSPS) is 38.4. The third-order valence-corrected chi connectivity index (χ3v) is 15.4. The second-order valence-electron chi connectivity index (χ2n) is 17.3. The third kappa shape index (κ3) is 3.88. The van der Waals surface area contributed by atoms with Crippen LogP contribution in [0.25, 0.3) is 0 Å². The minimum Gasteiger partial charge on any atom is -0.466 e. The number of anilines is 2. The molecule has 3 spiro atoms. The first kappa shape index (κ1) is 32.5. The molecule has 0 bridgehead atoms. The average molecular weight is 717 g/mol. The van der Waals surface area contributed by atoms with Crippen LogP contribution in [0.3, 0.4) is 0 Å². The van der Waals surface area contributed by atoms with Gasteiger partial charge >= 0.3 is 11.9 Å². The molecule has 2 aromatic rings. The summed E-state index contributed by atoms with van der Waals surface area (Å²) < 4.78 is 17.9. The van der Waals surface area contributed by atoms with Gasteiger partial charge in [-0.1, -0.05) is 48.0 Å². The van der Waals surface area contributed by atoms with Crippen molar-refractivity contribution in [2.45, 2.75) is 74.0 Å². The average Bonchev–Trinajstić information content (AvgIpc) is 4.00. The van der Waals surface area contributed by atoms with Gasteiger partial charge in [-0.2, -0.15) is 0 Å². The van der Waals surface area contributed by atoms with Crippen molar-refractivity contribution >= 4 is 23.3 Å². The Labute approximate surface area is 310 Å². The van der Waals surface area contributed by atoms with Crippen molar-refractivity contribution in [1.82, 2.24) is 9.80 Å². The summed E-state index contributed by atoms with van der Waals surface area (Å²) in [5.41, 5.74) is 8.34. The number of aliphatic hydroxyl groups is 1. The molecule has 9 aliphatic rings. The first-order valence-electron chi connectivity index (χ1n) is 19.6. The topological polar surface area (TPSA) is 113 Å². The largest absolute Gasteiger partial charge is 0.466 e. The van der Waals surface area contributed by atoms with E-state index < -0.39 is 5.41 Å². The second kappa shape index (κ2) is 11.1. The predicted octanol–water partition coefficient (Wildman–Crippen LogP) is 4.63. The summed E-state index contributed by atoms with van der Waals surface area (Å²) >= 11 is 0. The summed E-state index contributed by atoms with van der Waals surface area (Å²) in [6, 6.07) is 17.5. The van der Waals surface area contributed by atoms with E-state index in [9.17, 15) is 14.7 Å². The summed E-state index contributed by atoms with van der Waals surface area (Å²) in [4.78, 5) is 32.8. The molecular weight excluding hydrogens is 668 g/mol. The highest BCUT2D eigenvalue weighted by atomic mass is 16.5. The van der Waals surface area contributed by atoms with Gasteiger partial charge in [0.25, 0.3) is 0 Å². The molecule has 2 aromatic carbocycles. The summed E-state index contributed by atoms with van der Waals surface area (Å²) in [5, 5.41) is 18.2. The Balaban J connectivity index is 1.00. The number of piperidine rings is 1. The fourth-order valence-electron chi connectivity index (χ4n) is 14.1. The van der Waals surface area contributed by atoms with Crippen LogP contribution >= 0.6 is 0 Å². The van der Waals surface area contributed by atoms with E-state index in [-0.39, 0.29) is 58.9 Å². The lowest BCUT2D eigenvalue weighted by molar-refractivity contribution is -0.139. The summed E-state index contributed by atoms with van der Waals surface area (Å²) in [6.45, 7) is 4.41. The molecule has 53 heavy (non-hydrogen) atoms. The number of methoxy groups -OCH3 is 2. The zero-order valence-electron chi connectivity index (χ0n) is 30.6. The van der Waals surface area contributed by atoms with Crippen molar-refractivity contribution in [2.24, 2.45) is 16.7 Å². The quantitative estimate of drug-likeness (QED) is 0.289. The Bertz CT molecular complexity index is 2080. The number of fused-ring (bicyclic) bond motifs is 2. The van der Waals surface area contributed by atoms with Gasteiger partial charge in [0.1, 0.15) is 0 Å². The van der Waals surface area contributed by atoms with Gasteiger partial charge in [0.15, 0.2) is 0 Å². The fraction of sp³-hybridized carbons (Fsp3) is 0.535. The lowest BCUT2D eigenvalue weighted by atomic mass is 9.51. The fourth-order valence-corrected chi connectivity index (χ4v) is 14.1. The highest BCUT2D eigenvalue weighted by Gasteiger charge is 2.72. The Morgan fingerprint density at radius 1 is 0.849 bits per heavy atom. The number of hydrogen-bond donors (Lipinski definition) is 3. The van der Waals surface area contributed by atoms with Crippen LogP contribution in [0, 0.1) is 16.7 Å². The molecule has 0 amide bonds. The highest BCUT2D eigenvalue weighted by molar-refractivity contribution is 5.94. The number of rotatable bonds is 6. The van der Waals surface area contributed by atoms with E-state index in [1.165, 1.54) is 30.9 Å². The Kier molecular flexibility index (Phi) is 6.78. The number of para-hydroxylation sites is 2. The maximum absolute atomic E-state index is 13.7. The lowest BCUT2D eigenvalue weighted by Gasteiger charge is -2.59. The Hall–Kier alpha value is -3.96. The zero-order valence-corrected chi connectivity index (χ0v) is 30.6. The van der Waals surface area contributed by atoms with Gasteiger partial charge in [-0.3, -0.25) is 9.80 Å². The highest BCUT2D eigenvalue weighted by Crippen LogP contribution is 2.69. The van der Waals surface area contributed by atoms with Crippen molar-refractivity contribution in [3.63, 3.8) is 0 Å². The van der Waals surface area contributed by atoms with E-state index in [0.717, 1.165) is 80.2 Å². The molecule has 0 aromatic heterocycles. The van der Waals surface area contributed by atoms with E-state index in [1.807, 2.05) is 0 Å². The molecule has 3 N–H and O–H groups in total. The minimum atomic E-state index is -0.437. The predicted molar refractivity (Wildman–Crippen MR) is 198 cm³/mol. The van der Waals surface area contributed by atoms with Crippen LogP contribution in [0.2, 0.25) is 0 Å². The van der Waals surface area contributed by atoms with Crippen molar-refractivity contribution in [1.29, 1.82) is 0 Å². The first-order chi connectivity index (χ1) is 25.8. The first-order valence-corrected chi connectivity index (χ1v) is 19.6. The molecule has 11 rings (SSSR count). The van der Waals surface area contributed by atoms with Crippen molar-refractivity contribution in [2.75, 3.05) is 64.2 Å². The van der Waals surface area contributed by atoms with Gasteiger partial charge in [-0.15, -0.1) is 0 Å². The molecule has 4 fully saturated rings. The standard InChI is InChI=1S/C43H48N4O6/c1-51-36(49)27-21-40(13-17-48)20-25(23-46-15-11-42(38(40)46)29-7-3-5-9-31(29)44-33(27)42)19-26-24-47-16-12-43-30-8-4-6-10-32(30)45-34(43)28(37(50)52-2)22-41(39(43)47)14-18-53-35(26)41/h3-10,20,26,35,38-39,44-45,48H,11-19,21-24H2,1-2H3/t26-,35-,38-,39-,40-,41+,42-,43-/m0/s1. The number of carbonyl (C=O) groups excluding carboxylic acids is 2. The van der Waals surface area contributed by atoms with Crippen molar-refractivity contribution in [3.05, 3.63) is 93.8 Å². The molecule has 10 heteroatoms. The number of ether oxygens (including phenoxy) is 3. The van der Waals surface area contributed by atoms with Gasteiger partial charge in [-0.05, 0) is 74.8 Å². The molecule has 7 heterocycles. The monoisotopic (exact) mass is 716 g/mol. The second-order valence-corrected chi connectivity index (χ2v) is 17.3. The van der Waals surface area contributed by atoms with Gasteiger partial charge in [0.05, 0.1) is 42.3 Å². The number of benzene rings is 2. The van der Waals surface area contributed by atoms with E-state index in [2.05, 4.69) is 75.0 Å². The van der Waals surface area contributed by atoms with Crippen LogP contribution in [-0.4, -0.2) is 98.6 Å². The van der Waals surface area contributed by atoms with Crippen LogP contribution in [0.4, 0.5) is 11.4 Å². The van der Waals surface area contributed by atoms with E-state index >= 15 is 0 Å². The van der Waals surface area contributed by atoms with Crippen LogP contribution in [0.15, 0.2) is 82.7 Å². The smallest absolute Gasteiger partial charge is 0.335 e. The minimum absolute atomic E-state index is 0.000535. The molecule has 0 unspecified atom stereocenters. The molecule has 0 saturated carbocycles. The maximum Gasteiger partial charge on any atom is 0.335 e. The molecular formula is C43H48N4O6. The van der Waals surface area contributed by atoms with E-state index in [1.54, 1.807) is 0 Å². The lowest BCUT2D eigenvalue weighted by Crippen LogP contribution is -2.66. The van der Waals surface area contributed by atoms with Gasteiger partial charge in [-0.25, -0.2) is 9.59 Å². The molecule has 10 nitrogen and oxygen atoms in total. The number of esters is 2. The number of nitrogens with zero attached hydrogens (tertiary/aromatic N) is 2. The third-order valence-electron chi connectivity index (χ3n) is 15.4. The summed E-state index contributed by atoms with van der Waals surface area (Å²) in [6.07, 6.45) is 7.89. The SMILES string of the molecule is COC(=O)C1=C2Nc3ccccc3[C@@]23CCN2CC(C[C@H]4CN5CC[C@]67C(=C(C(=O)OC)C[C@@]8(CCO[C@@H]48)[C@H]56)Nc4ccccc47)=C[C@@](CCO)(C1)[C@H]23. The Morgan fingerprint density at radius 3 is 2.13 bits per heavy atom. The van der Waals surface area contributed by atoms with Crippen LogP contribution in [0.1, 0.15) is 56.1 Å². The van der Waals surface area contributed by atoms with Crippen LogP contribution in [0.5, 0.6) is 0 Å². The van der Waals surface area contributed by atoms with Crippen LogP contribution in [-0.2, 0) is 34.6 Å². The number of hydrogen-bond acceptors (Lipinski definition) is 10. The number of nitrogens with one attached hydrogen (secondary N) is 2. The molecule has 7 aliphatic heterocycles. The molecule has 0 radical (unpaired) electrons. The summed E-state index contributed by atoms with van der Waals surface area (Å²) in [7, 11) is 2.98.